The van der Waals surface area contributed by atoms with E-state index in [0.717, 1.165) is 25.3 Å². The van der Waals surface area contributed by atoms with Crippen LogP contribution < -0.4 is 14.8 Å². The quantitative estimate of drug-likeness (QED) is 0.739. The molecule has 0 aliphatic rings. The third kappa shape index (κ3) is 5.77. The summed E-state index contributed by atoms with van der Waals surface area (Å²) in [6.07, 6.45) is -0.613. The zero-order chi connectivity index (χ0) is 18.9. The standard InChI is InChI=1S/C21H28N2O3/c1-5-23(6-2)15-17-10-12-18(13-11-17)22-21(24)16(3)26-20-9-7-8-19(14-20)25-4/h7-14,16H,5-6,15H2,1-4H3,(H,22,24)/t16-/m1/s1. The summed E-state index contributed by atoms with van der Waals surface area (Å²) in [5.41, 5.74) is 1.99. The SMILES string of the molecule is CCN(CC)Cc1ccc(NC(=O)[C@@H](C)Oc2cccc(OC)c2)cc1. The molecule has 2 rings (SSSR count). The molecule has 1 amide bonds. The van der Waals surface area contributed by atoms with Crippen molar-refractivity contribution in [3.05, 3.63) is 54.1 Å². The maximum absolute atomic E-state index is 12.4. The number of benzene rings is 2. The molecule has 2 aromatic carbocycles. The topological polar surface area (TPSA) is 50.8 Å². The van der Waals surface area contributed by atoms with E-state index in [4.69, 9.17) is 9.47 Å². The van der Waals surface area contributed by atoms with Crippen molar-refractivity contribution in [2.45, 2.75) is 33.4 Å². The van der Waals surface area contributed by atoms with E-state index in [1.807, 2.05) is 36.4 Å². The van der Waals surface area contributed by atoms with Crippen LogP contribution in [0.5, 0.6) is 11.5 Å². The Bertz CT molecular complexity index is 697. The molecule has 0 aliphatic carbocycles. The van der Waals surface area contributed by atoms with Crippen LogP contribution in [-0.2, 0) is 11.3 Å². The van der Waals surface area contributed by atoms with Gasteiger partial charge in [0.2, 0.25) is 0 Å². The smallest absolute Gasteiger partial charge is 0.265 e. The van der Waals surface area contributed by atoms with Gasteiger partial charge >= 0.3 is 0 Å². The third-order valence-electron chi connectivity index (χ3n) is 4.25. The van der Waals surface area contributed by atoms with E-state index in [1.165, 1.54) is 5.56 Å². The van der Waals surface area contributed by atoms with Crippen LogP contribution in [0.4, 0.5) is 5.69 Å². The number of hydrogen-bond donors (Lipinski definition) is 1. The van der Waals surface area contributed by atoms with Gasteiger partial charge in [0, 0.05) is 18.3 Å². The molecule has 0 aromatic heterocycles. The first kappa shape index (κ1) is 19.8. The summed E-state index contributed by atoms with van der Waals surface area (Å²) in [6, 6.07) is 15.2. The fourth-order valence-electron chi connectivity index (χ4n) is 2.57. The first-order chi connectivity index (χ1) is 12.5. The van der Waals surface area contributed by atoms with Gasteiger partial charge in [0.1, 0.15) is 11.5 Å². The lowest BCUT2D eigenvalue weighted by Crippen LogP contribution is -2.30. The fourth-order valence-corrected chi connectivity index (χ4v) is 2.57. The van der Waals surface area contributed by atoms with Gasteiger partial charge < -0.3 is 14.8 Å². The van der Waals surface area contributed by atoms with Gasteiger partial charge in [-0.3, -0.25) is 9.69 Å². The number of carbonyl (C=O) groups is 1. The number of anilines is 1. The van der Waals surface area contributed by atoms with E-state index in [2.05, 4.69) is 24.1 Å². The van der Waals surface area contributed by atoms with Crippen molar-refractivity contribution in [1.82, 2.24) is 4.90 Å². The summed E-state index contributed by atoms with van der Waals surface area (Å²) in [5, 5.41) is 2.89. The lowest BCUT2D eigenvalue weighted by molar-refractivity contribution is -0.122. The third-order valence-corrected chi connectivity index (χ3v) is 4.25. The molecular formula is C21H28N2O3. The largest absolute Gasteiger partial charge is 0.497 e. The van der Waals surface area contributed by atoms with Crippen molar-refractivity contribution in [3.8, 4) is 11.5 Å². The van der Waals surface area contributed by atoms with E-state index in [0.29, 0.717) is 11.5 Å². The second-order valence-corrected chi connectivity index (χ2v) is 6.09. The molecule has 0 aliphatic heterocycles. The molecule has 0 radical (unpaired) electrons. The Kier molecular flexibility index (Phi) is 7.48. The minimum atomic E-state index is -0.613. The second kappa shape index (κ2) is 9.82. The van der Waals surface area contributed by atoms with Crippen molar-refractivity contribution < 1.29 is 14.3 Å². The first-order valence-corrected chi connectivity index (χ1v) is 8.98. The van der Waals surface area contributed by atoms with Gasteiger partial charge in [0.05, 0.1) is 7.11 Å². The zero-order valence-electron chi connectivity index (χ0n) is 16.0. The predicted octanol–water partition coefficient (Wildman–Crippen LogP) is 3.94. The van der Waals surface area contributed by atoms with Crippen molar-refractivity contribution in [2.24, 2.45) is 0 Å². The molecule has 140 valence electrons. The van der Waals surface area contributed by atoms with Crippen molar-refractivity contribution >= 4 is 11.6 Å². The number of nitrogens with zero attached hydrogens (tertiary/aromatic N) is 1. The van der Waals surface area contributed by atoms with E-state index in [-0.39, 0.29) is 5.91 Å². The molecule has 1 N–H and O–H groups in total. The molecule has 1 atom stereocenters. The molecule has 0 unspecified atom stereocenters. The number of methoxy groups -OCH3 is 1. The fraction of sp³-hybridized carbons (Fsp3) is 0.381. The van der Waals surface area contributed by atoms with E-state index in [9.17, 15) is 4.79 Å². The van der Waals surface area contributed by atoms with Gasteiger partial charge in [-0.25, -0.2) is 0 Å². The van der Waals surface area contributed by atoms with Crippen LogP contribution in [0.1, 0.15) is 26.3 Å². The minimum Gasteiger partial charge on any atom is -0.497 e. The number of rotatable bonds is 9. The average molecular weight is 356 g/mol. The molecule has 0 saturated carbocycles. The van der Waals surface area contributed by atoms with Crippen LogP contribution in [-0.4, -0.2) is 37.1 Å². The zero-order valence-corrected chi connectivity index (χ0v) is 16.0. The van der Waals surface area contributed by atoms with Crippen molar-refractivity contribution in [2.75, 3.05) is 25.5 Å². The lowest BCUT2D eigenvalue weighted by atomic mass is 10.2. The molecule has 0 bridgehead atoms. The second-order valence-electron chi connectivity index (χ2n) is 6.09. The summed E-state index contributed by atoms with van der Waals surface area (Å²) in [4.78, 5) is 14.7. The number of carbonyl (C=O) groups excluding carboxylic acids is 1. The highest BCUT2D eigenvalue weighted by Gasteiger charge is 2.15. The van der Waals surface area contributed by atoms with Gasteiger partial charge in [0.15, 0.2) is 6.10 Å². The highest BCUT2D eigenvalue weighted by Crippen LogP contribution is 2.20. The Morgan fingerprint density at radius 2 is 1.73 bits per heavy atom. The van der Waals surface area contributed by atoms with Gasteiger partial charge in [-0.15, -0.1) is 0 Å². The number of ether oxygens (including phenoxy) is 2. The van der Waals surface area contributed by atoms with Crippen LogP contribution in [0.25, 0.3) is 0 Å². The first-order valence-electron chi connectivity index (χ1n) is 8.98. The number of nitrogens with one attached hydrogen (secondary N) is 1. The Labute approximate surface area is 155 Å². The van der Waals surface area contributed by atoms with Crippen LogP contribution >= 0.6 is 0 Å². The monoisotopic (exact) mass is 356 g/mol. The molecule has 0 fully saturated rings. The molecule has 26 heavy (non-hydrogen) atoms. The lowest BCUT2D eigenvalue weighted by Gasteiger charge is -2.18. The Balaban J connectivity index is 1.91. The number of hydrogen-bond acceptors (Lipinski definition) is 4. The van der Waals surface area contributed by atoms with Crippen LogP contribution in [0, 0.1) is 0 Å². The summed E-state index contributed by atoms with van der Waals surface area (Å²) in [6.45, 7) is 8.99. The average Bonchev–Trinajstić information content (AvgIpc) is 2.67. The van der Waals surface area contributed by atoms with Crippen molar-refractivity contribution in [3.63, 3.8) is 0 Å². The summed E-state index contributed by atoms with van der Waals surface area (Å²) in [7, 11) is 1.60. The maximum Gasteiger partial charge on any atom is 0.265 e. The Morgan fingerprint density at radius 1 is 1.08 bits per heavy atom. The van der Waals surface area contributed by atoms with Crippen LogP contribution in [0.15, 0.2) is 48.5 Å². The minimum absolute atomic E-state index is 0.190. The maximum atomic E-state index is 12.4. The molecule has 2 aromatic rings. The molecule has 5 nitrogen and oxygen atoms in total. The van der Waals surface area contributed by atoms with Gasteiger partial charge in [-0.2, -0.15) is 0 Å². The number of amides is 1. The normalized spacial score (nSPS) is 11.9. The Hall–Kier alpha value is -2.53. The van der Waals surface area contributed by atoms with E-state index < -0.39 is 6.10 Å². The van der Waals surface area contributed by atoms with E-state index >= 15 is 0 Å². The summed E-state index contributed by atoms with van der Waals surface area (Å²) in [5.74, 6) is 1.10. The summed E-state index contributed by atoms with van der Waals surface area (Å²) >= 11 is 0. The highest BCUT2D eigenvalue weighted by molar-refractivity contribution is 5.94. The molecular weight excluding hydrogens is 328 g/mol. The highest BCUT2D eigenvalue weighted by atomic mass is 16.5. The molecule has 5 heteroatoms. The van der Waals surface area contributed by atoms with Crippen LogP contribution in [0.3, 0.4) is 0 Å². The van der Waals surface area contributed by atoms with Crippen LogP contribution in [0.2, 0.25) is 0 Å². The molecule has 0 saturated heterocycles. The van der Waals surface area contributed by atoms with Gasteiger partial charge in [-0.1, -0.05) is 32.0 Å². The predicted molar refractivity (Wildman–Crippen MR) is 105 cm³/mol. The summed E-state index contributed by atoms with van der Waals surface area (Å²) < 4.78 is 10.9. The van der Waals surface area contributed by atoms with Gasteiger partial charge in [-0.05, 0) is 49.8 Å². The van der Waals surface area contributed by atoms with E-state index in [1.54, 1.807) is 26.2 Å². The van der Waals surface area contributed by atoms with Gasteiger partial charge in [0.25, 0.3) is 5.91 Å². The Morgan fingerprint density at radius 3 is 2.35 bits per heavy atom. The molecule has 0 heterocycles. The molecule has 0 spiro atoms. The van der Waals surface area contributed by atoms with Crippen molar-refractivity contribution in [1.29, 1.82) is 0 Å².